The summed E-state index contributed by atoms with van der Waals surface area (Å²) in [5.74, 6) is 0. The van der Waals surface area contributed by atoms with Crippen molar-refractivity contribution >= 4 is 31.4 Å². The Morgan fingerprint density at radius 3 is 2.37 bits per heavy atom. The Balaban J connectivity index is 1.95. The predicted molar refractivity (Wildman–Crippen MR) is 109 cm³/mol. The normalized spacial score (nSPS) is 15.7. The smallest absolute Gasteiger partial charge is 0.271 e. The standard InChI is InChI=1S/C18H21N3O7S2/c1-13-10-16(21(22)23)12-18(14(13)2)29(24,25)19-15-4-3-5-17(11-15)30(26,27)20-6-8-28-9-7-20/h3-5,10-12,19H,6-9H2,1-2H3. The lowest BCUT2D eigenvalue weighted by Gasteiger charge is -2.26. The number of nitro benzene ring substituents is 1. The second-order valence-corrected chi connectivity index (χ2v) is 10.4. The highest BCUT2D eigenvalue weighted by Gasteiger charge is 2.27. The van der Waals surface area contributed by atoms with Gasteiger partial charge in [0.05, 0.1) is 33.6 Å². The second kappa shape index (κ2) is 8.30. The number of nitrogens with zero attached hydrogens (tertiary/aromatic N) is 2. The lowest BCUT2D eigenvalue weighted by atomic mass is 10.1. The molecule has 1 heterocycles. The Bertz CT molecular complexity index is 1190. The zero-order valence-electron chi connectivity index (χ0n) is 16.4. The Kier molecular flexibility index (Phi) is 6.13. The average molecular weight is 456 g/mol. The van der Waals surface area contributed by atoms with E-state index in [0.717, 1.165) is 6.07 Å². The zero-order valence-corrected chi connectivity index (χ0v) is 18.0. The van der Waals surface area contributed by atoms with E-state index in [1.54, 1.807) is 13.8 Å². The van der Waals surface area contributed by atoms with Gasteiger partial charge in [0.25, 0.3) is 15.7 Å². The van der Waals surface area contributed by atoms with Gasteiger partial charge < -0.3 is 4.74 Å². The summed E-state index contributed by atoms with van der Waals surface area (Å²) in [6, 6.07) is 7.72. The van der Waals surface area contributed by atoms with Crippen LogP contribution in [0.2, 0.25) is 0 Å². The Hall–Kier alpha value is -2.54. The summed E-state index contributed by atoms with van der Waals surface area (Å²) in [5.41, 5.74) is 0.508. The molecule has 0 saturated carbocycles. The topological polar surface area (TPSA) is 136 Å². The summed E-state index contributed by atoms with van der Waals surface area (Å²) >= 11 is 0. The monoisotopic (exact) mass is 455 g/mol. The van der Waals surface area contributed by atoms with E-state index in [-0.39, 0.29) is 47.5 Å². The van der Waals surface area contributed by atoms with Crippen LogP contribution in [0.15, 0.2) is 46.2 Å². The Labute approximate surface area is 174 Å². The minimum absolute atomic E-state index is 0.0351. The molecular weight excluding hydrogens is 434 g/mol. The number of hydrogen-bond donors (Lipinski definition) is 1. The molecule has 10 nitrogen and oxygen atoms in total. The number of anilines is 1. The van der Waals surface area contributed by atoms with Gasteiger partial charge in [-0.1, -0.05) is 6.07 Å². The van der Waals surface area contributed by atoms with E-state index < -0.39 is 25.0 Å². The molecule has 0 aromatic heterocycles. The maximum atomic E-state index is 12.9. The van der Waals surface area contributed by atoms with Gasteiger partial charge in [-0.05, 0) is 43.2 Å². The second-order valence-electron chi connectivity index (χ2n) is 6.79. The molecular formula is C18H21N3O7S2. The van der Waals surface area contributed by atoms with Crippen LogP contribution in [-0.4, -0.2) is 52.4 Å². The van der Waals surface area contributed by atoms with Crippen LogP contribution in [0, 0.1) is 24.0 Å². The van der Waals surface area contributed by atoms with Gasteiger partial charge >= 0.3 is 0 Å². The van der Waals surface area contributed by atoms with Gasteiger partial charge in [-0.3, -0.25) is 14.8 Å². The van der Waals surface area contributed by atoms with E-state index in [1.807, 2.05) is 0 Å². The van der Waals surface area contributed by atoms with E-state index in [4.69, 9.17) is 4.74 Å². The zero-order chi connectivity index (χ0) is 22.1. The third-order valence-corrected chi connectivity index (χ3v) is 8.20. The van der Waals surface area contributed by atoms with E-state index in [9.17, 15) is 26.9 Å². The number of non-ortho nitro benzene ring substituents is 1. The van der Waals surface area contributed by atoms with Crippen LogP contribution in [-0.2, 0) is 24.8 Å². The summed E-state index contributed by atoms with van der Waals surface area (Å²) in [6.45, 7) is 4.13. The van der Waals surface area contributed by atoms with Crippen molar-refractivity contribution in [3.63, 3.8) is 0 Å². The van der Waals surface area contributed by atoms with Gasteiger partial charge in [0.1, 0.15) is 0 Å². The Morgan fingerprint density at radius 2 is 1.73 bits per heavy atom. The fourth-order valence-electron chi connectivity index (χ4n) is 3.06. The van der Waals surface area contributed by atoms with Gasteiger partial charge in [-0.15, -0.1) is 0 Å². The third-order valence-electron chi connectivity index (χ3n) is 4.80. The summed E-state index contributed by atoms with van der Waals surface area (Å²) in [4.78, 5) is 10.2. The molecule has 0 bridgehead atoms. The van der Waals surface area contributed by atoms with Crippen molar-refractivity contribution in [1.82, 2.24) is 4.31 Å². The minimum Gasteiger partial charge on any atom is -0.379 e. The molecule has 1 aliphatic heterocycles. The number of nitro groups is 1. The summed E-state index contributed by atoms with van der Waals surface area (Å²) < 4.78 is 60.2. The van der Waals surface area contributed by atoms with Crippen molar-refractivity contribution in [3.8, 4) is 0 Å². The number of rotatable bonds is 6. The first-order valence-corrected chi connectivity index (χ1v) is 11.9. The number of aryl methyl sites for hydroxylation is 1. The van der Waals surface area contributed by atoms with Gasteiger partial charge in [0, 0.05) is 25.2 Å². The Morgan fingerprint density at radius 1 is 1.07 bits per heavy atom. The van der Waals surface area contributed by atoms with E-state index in [0.29, 0.717) is 11.1 Å². The maximum Gasteiger partial charge on any atom is 0.271 e. The fourth-order valence-corrected chi connectivity index (χ4v) is 5.90. The van der Waals surface area contributed by atoms with E-state index >= 15 is 0 Å². The first-order chi connectivity index (χ1) is 14.0. The molecule has 0 amide bonds. The molecule has 0 atom stereocenters. The molecule has 3 rings (SSSR count). The van der Waals surface area contributed by atoms with Crippen molar-refractivity contribution in [2.24, 2.45) is 0 Å². The van der Waals surface area contributed by atoms with E-state index in [2.05, 4.69) is 4.72 Å². The molecule has 0 radical (unpaired) electrons. The van der Waals surface area contributed by atoms with Gasteiger partial charge in [0.2, 0.25) is 10.0 Å². The fraction of sp³-hybridized carbons (Fsp3) is 0.333. The highest BCUT2D eigenvalue weighted by molar-refractivity contribution is 7.92. The first kappa shape index (κ1) is 22.2. The SMILES string of the molecule is Cc1cc([N+](=O)[O-])cc(S(=O)(=O)Nc2cccc(S(=O)(=O)N3CCOCC3)c2)c1C. The predicted octanol–water partition coefficient (Wildman–Crippen LogP) is 2.03. The largest absolute Gasteiger partial charge is 0.379 e. The molecule has 0 aliphatic carbocycles. The molecule has 1 N–H and O–H groups in total. The van der Waals surface area contributed by atoms with Crippen LogP contribution < -0.4 is 4.72 Å². The van der Waals surface area contributed by atoms with Gasteiger partial charge in [0.15, 0.2) is 0 Å². The number of morpholine rings is 1. The van der Waals surface area contributed by atoms with Crippen LogP contribution in [0.3, 0.4) is 0 Å². The molecule has 0 spiro atoms. The van der Waals surface area contributed by atoms with Crippen LogP contribution >= 0.6 is 0 Å². The first-order valence-electron chi connectivity index (χ1n) is 8.99. The lowest BCUT2D eigenvalue weighted by molar-refractivity contribution is -0.385. The number of sulfonamides is 2. The molecule has 2 aromatic carbocycles. The molecule has 2 aromatic rings. The number of ether oxygens (including phenoxy) is 1. The molecule has 0 unspecified atom stereocenters. The summed E-state index contributed by atoms with van der Waals surface area (Å²) in [5, 5.41) is 11.1. The molecule has 1 fully saturated rings. The molecule has 12 heteroatoms. The van der Waals surface area contributed by atoms with Crippen LogP contribution in [0.1, 0.15) is 11.1 Å². The van der Waals surface area contributed by atoms with Crippen molar-refractivity contribution in [3.05, 3.63) is 57.6 Å². The van der Waals surface area contributed by atoms with Crippen molar-refractivity contribution in [2.45, 2.75) is 23.6 Å². The number of nitrogens with one attached hydrogen (secondary N) is 1. The summed E-state index contributed by atoms with van der Waals surface area (Å²) in [6.07, 6.45) is 0. The number of benzene rings is 2. The quantitative estimate of drug-likeness (QED) is 0.520. The average Bonchev–Trinajstić information content (AvgIpc) is 2.70. The van der Waals surface area contributed by atoms with Crippen LogP contribution in [0.25, 0.3) is 0 Å². The van der Waals surface area contributed by atoms with Crippen molar-refractivity contribution in [2.75, 3.05) is 31.0 Å². The minimum atomic E-state index is -4.19. The molecule has 162 valence electrons. The third kappa shape index (κ3) is 4.46. The highest BCUT2D eigenvalue weighted by Crippen LogP contribution is 2.28. The van der Waals surface area contributed by atoms with Gasteiger partial charge in [-0.2, -0.15) is 4.31 Å². The van der Waals surface area contributed by atoms with Crippen LogP contribution in [0.4, 0.5) is 11.4 Å². The highest BCUT2D eigenvalue weighted by atomic mass is 32.2. The molecule has 30 heavy (non-hydrogen) atoms. The van der Waals surface area contributed by atoms with Crippen LogP contribution in [0.5, 0.6) is 0 Å². The molecule has 1 aliphatic rings. The maximum absolute atomic E-state index is 12.9. The van der Waals surface area contributed by atoms with Crippen molar-refractivity contribution < 1.29 is 26.5 Å². The van der Waals surface area contributed by atoms with E-state index in [1.165, 1.54) is 34.6 Å². The number of hydrogen-bond acceptors (Lipinski definition) is 7. The lowest BCUT2D eigenvalue weighted by Crippen LogP contribution is -2.40. The molecule has 1 saturated heterocycles. The van der Waals surface area contributed by atoms with Crippen molar-refractivity contribution in [1.29, 1.82) is 0 Å². The van der Waals surface area contributed by atoms with Gasteiger partial charge in [-0.25, -0.2) is 16.8 Å². The summed E-state index contributed by atoms with van der Waals surface area (Å²) in [7, 11) is -8.00.